The smallest absolute Gasteiger partial charge is 0.00251 e. The second kappa shape index (κ2) is 4.66. The molecule has 1 N–H and O–H groups in total. The van der Waals surface area contributed by atoms with E-state index < -0.39 is 0 Å². The van der Waals surface area contributed by atoms with Gasteiger partial charge in [0.15, 0.2) is 0 Å². The van der Waals surface area contributed by atoms with E-state index in [4.69, 9.17) is 0 Å². The molecular formula is C14H26N2. The Hall–Kier alpha value is -0.0800. The SMILES string of the molecule is CC1CNCC1CN(CC1CC1)CC1CC1. The molecule has 0 aromatic rings. The Balaban J connectivity index is 1.49. The van der Waals surface area contributed by atoms with E-state index in [1.807, 2.05) is 0 Å². The molecule has 16 heavy (non-hydrogen) atoms. The van der Waals surface area contributed by atoms with Gasteiger partial charge in [-0.15, -0.1) is 0 Å². The standard InChI is InChI=1S/C14H26N2/c1-11-6-15-7-14(11)10-16(8-12-2-3-12)9-13-4-5-13/h11-15H,2-10H2,1H3. The van der Waals surface area contributed by atoms with E-state index >= 15 is 0 Å². The summed E-state index contributed by atoms with van der Waals surface area (Å²) in [4.78, 5) is 2.80. The zero-order valence-electron chi connectivity index (χ0n) is 10.6. The van der Waals surface area contributed by atoms with Crippen LogP contribution in [0.25, 0.3) is 0 Å². The highest BCUT2D eigenvalue weighted by atomic mass is 15.1. The molecule has 1 saturated heterocycles. The van der Waals surface area contributed by atoms with Gasteiger partial charge in [-0.05, 0) is 62.4 Å². The summed E-state index contributed by atoms with van der Waals surface area (Å²) in [5.41, 5.74) is 0. The van der Waals surface area contributed by atoms with Crippen LogP contribution < -0.4 is 5.32 Å². The van der Waals surface area contributed by atoms with Gasteiger partial charge >= 0.3 is 0 Å². The summed E-state index contributed by atoms with van der Waals surface area (Å²) in [7, 11) is 0. The van der Waals surface area contributed by atoms with Gasteiger partial charge in [-0.1, -0.05) is 6.92 Å². The van der Waals surface area contributed by atoms with Crippen molar-refractivity contribution in [2.45, 2.75) is 32.6 Å². The molecule has 0 radical (unpaired) electrons. The Kier molecular flexibility index (Phi) is 3.21. The predicted molar refractivity (Wildman–Crippen MR) is 67.4 cm³/mol. The van der Waals surface area contributed by atoms with Crippen molar-refractivity contribution in [1.82, 2.24) is 10.2 Å². The molecule has 1 heterocycles. The van der Waals surface area contributed by atoms with E-state index in [9.17, 15) is 0 Å². The van der Waals surface area contributed by atoms with Crippen molar-refractivity contribution in [3.63, 3.8) is 0 Å². The Labute approximate surface area is 99.8 Å². The first-order valence-electron chi connectivity index (χ1n) is 7.24. The summed E-state index contributed by atoms with van der Waals surface area (Å²) in [5.74, 6) is 3.92. The van der Waals surface area contributed by atoms with Crippen molar-refractivity contribution in [3.8, 4) is 0 Å². The zero-order chi connectivity index (χ0) is 11.0. The molecule has 0 bridgehead atoms. The maximum absolute atomic E-state index is 3.54. The third-order valence-corrected chi connectivity index (χ3v) is 4.60. The van der Waals surface area contributed by atoms with Gasteiger partial charge in [0, 0.05) is 19.6 Å². The van der Waals surface area contributed by atoms with Crippen LogP contribution in [0.2, 0.25) is 0 Å². The van der Waals surface area contributed by atoms with Gasteiger partial charge < -0.3 is 10.2 Å². The van der Waals surface area contributed by atoms with Gasteiger partial charge in [0.25, 0.3) is 0 Å². The van der Waals surface area contributed by atoms with E-state index in [1.54, 1.807) is 0 Å². The lowest BCUT2D eigenvalue weighted by Crippen LogP contribution is -2.35. The van der Waals surface area contributed by atoms with Crippen LogP contribution >= 0.6 is 0 Å². The normalized spacial score (nSPS) is 34.9. The third kappa shape index (κ3) is 2.98. The van der Waals surface area contributed by atoms with Crippen LogP contribution in [0, 0.1) is 23.7 Å². The summed E-state index contributed by atoms with van der Waals surface area (Å²) in [6, 6.07) is 0. The highest BCUT2D eigenvalue weighted by Crippen LogP contribution is 2.34. The Morgan fingerprint density at radius 3 is 2.00 bits per heavy atom. The quantitative estimate of drug-likeness (QED) is 0.739. The van der Waals surface area contributed by atoms with Crippen LogP contribution in [0.1, 0.15) is 32.6 Å². The minimum Gasteiger partial charge on any atom is -0.316 e. The summed E-state index contributed by atoms with van der Waals surface area (Å²) in [6.07, 6.45) is 6.00. The fraction of sp³-hybridized carbons (Fsp3) is 1.00. The molecule has 3 aliphatic rings. The minimum atomic E-state index is 0.890. The van der Waals surface area contributed by atoms with E-state index in [0.29, 0.717) is 0 Å². The fourth-order valence-corrected chi connectivity index (χ4v) is 3.00. The molecule has 1 aliphatic heterocycles. The van der Waals surface area contributed by atoms with E-state index in [0.717, 1.165) is 23.7 Å². The molecule has 2 unspecified atom stereocenters. The van der Waals surface area contributed by atoms with Crippen LogP contribution in [0.15, 0.2) is 0 Å². The molecule has 2 heteroatoms. The number of nitrogens with zero attached hydrogens (tertiary/aromatic N) is 1. The number of rotatable bonds is 6. The minimum absolute atomic E-state index is 0.890. The summed E-state index contributed by atoms with van der Waals surface area (Å²) < 4.78 is 0. The van der Waals surface area contributed by atoms with Crippen LogP contribution in [-0.2, 0) is 0 Å². The van der Waals surface area contributed by atoms with Crippen LogP contribution in [0.4, 0.5) is 0 Å². The first kappa shape index (κ1) is 11.0. The Morgan fingerprint density at radius 1 is 0.938 bits per heavy atom. The first-order chi connectivity index (χ1) is 7.81. The van der Waals surface area contributed by atoms with Crippen molar-refractivity contribution >= 4 is 0 Å². The Bertz CT molecular complexity index is 219. The van der Waals surface area contributed by atoms with E-state index in [1.165, 1.54) is 58.4 Å². The molecule has 0 aromatic heterocycles. The van der Waals surface area contributed by atoms with Crippen molar-refractivity contribution in [2.24, 2.45) is 23.7 Å². The van der Waals surface area contributed by atoms with Crippen molar-refractivity contribution in [3.05, 3.63) is 0 Å². The van der Waals surface area contributed by atoms with Crippen molar-refractivity contribution < 1.29 is 0 Å². The molecule has 2 aliphatic carbocycles. The number of hydrogen-bond acceptors (Lipinski definition) is 2. The van der Waals surface area contributed by atoms with Crippen LogP contribution in [0.3, 0.4) is 0 Å². The topological polar surface area (TPSA) is 15.3 Å². The maximum Gasteiger partial charge on any atom is 0.00251 e. The molecule has 0 spiro atoms. The summed E-state index contributed by atoms with van der Waals surface area (Å²) in [6.45, 7) is 9.08. The summed E-state index contributed by atoms with van der Waals surface area (Å²) in [5, 5.41) is 3.54. The van der Waals surface area contributed by atoms with Gasteiger partial charge in [-0.3, -0.25) is 0 Å². The molecule has 2 nitrogen and oxygen atoms in total. The van der Waals surface area contributed by atoms with Crippen molar-refractivity contribution in [2.75, 3.05) is 32.7 Å². The predicted octanol–water partition coefficient (Wildman–Crippen LogP) is 1.96. The zero-order valence-corrected chi connectivity index (χ0v) is 10.6. The lowest BCUT2D eigenvalue weighted by molar-refractivity contribution is 0.203. The molecule has 2 atom stereocenters. The highest BCUT2D eigenvalue weighted by Gasteiger charge is 2.32. The lowest BCUT2D eigenvalue weighted by atomic mass is 9.97. The van der Waals surface area contributed by atoms with Gasteiger partial charge in [0.05, 0.1) is 0 Å². The monoisotopic (exact) mass is 222 g/mol. The van der Waals surface area contributed by atoms with Gasteiger partial charge in [-0.2, -0.15) is 0 Å². The molecule has 3 rings (SSSR count). The van der Waals surface area contributed by atoms with E-state index in [2.05, 4.69) is 17.1 Å². The maximum atomic E-state index is 3.54. The van der Waals surface area contributed by atoms with Gasteiger partial charge in [-0.25, -0.2) is 0 Å². The lowest BCUT2D eigenvalue weighted by Gasteiger charge is -2.27. The van der Waals surface area contributed by atoms with Crippen LogP contribution in [0.5, 0.6) is 0 Å². The molecular weight excluding hydrogens is 196 g/mol. The molecule has 0 amide bonds. The van der Waals surface area contributed by atoms with Gasteiger partial charge in [0.2, 0.25) is 0 Å². The number of hydrogen-bond donors (Lipinski definition) is 1. The Morgan fingerprint density at radius 2 is 1.56 bits per heavy atom. The second-order valence-electron chi connectivity index (χ2n) is 6.50. The third-order valence-electron chi connectivity index (χ3n) is 4.60. The average molecular weight is 222 g/mol. The summed E-state index contributed by atoms with van der Waals surface area (Å²) >= 11 is 0. The molecule has 3 fully saturated rings. The number of nitrogens with one attached hydrogen (secondary N) is 1. The van der Waals surface area contributed by atoms with Crippen molar-refractivity contribution in [1.29, 1.82) is 0 Å². The fourth-order valence-electron chi connectivity index (χ4n) is 3.00. The average Bonchev–Trinajstić information content (AvgIpc) is 3.14. The van der Waals surface area contributed by atoms with E-state index in [-0.39, 0.29) is 0 Å². The first-order valence-corrected chi connectivity index (χ1v) is 7.24. The molecule has 0 aromatic carbocycles. The largest absolute Gasteiger partial charge is 0.316 e. The van der Waals surface area contributed by atoms with Gasteiger partial charge in [0.1, 0.15) is 0 Å². The highest BCUT2D eigenvalue weighted by molar-refractivity contribution is 4.86. The van der Waals surface area contributed by atoms with Crippen LogP contribution in [-0.4, -0.2) is 37.6 Å². The molecule has 92 valence electrons. The second-order valence-corrected chi connectivity index (χ2v) is 6.50. The molecule has 2 saturated carbocycles.